The van der Waals surface area contributed by atoms with Gasteiger partial charge < -0.3 is 5.32 Å². The summed E-state index contributed by atoms with van der Waals surface area (Å²) in [5.74, 6) is -0.372. The van der Waals surface area contributed by atoms with E-state index in [9.17, 15) is 9.90 Å². The van der Waals surface area contributed by atoms with E-state index in [2.05, 4.69) is 12.2 Å². The molecular weight excluding hydrogens is 238 g/mol. The van der Waals surface area contributed by atoms with E-state index in [1.807, 2.05) is 0 Å². The molecule has 0 unspecified atom stereocenters. The van der Waals surface area contributed by atoms with Crippen LogP contribution in [0.4, 0.5) is 0 Å². The standard InChI is InChI=1S/C16H32NO2/c1-2-3-4-5-6-7-8-9-10-11-12-13-14-17-16(19)15-18/h2-15H2,1H3,(H,17,19). The van der Waals surface area contributed by atoms with Gasteiger partial charge in [0.2, 0.25) is 5.91 Å². The largest absolute Gasteiger partial charge is 0.354 e. The summed E-state index contributed by atoms with van der Waals surface area (Å²) in [7, 11) is 0. The molecule has 3 nitrogen and oxygen atoms in total. The van der Waals surface area contributed by atoms with Gasteiger partial charge in [-0.15, -0.1) is 0 Å². The second-order valence-electron chi connectivity index (χ2n) is 5.38. The zero-order valence-electron chi connectivity index (χ0n) is 12.7. The zero-order chi connectivity index (χ0) is 14.2. The number of amides is 1. The minimum atomic E-state index is -0.641. The Kier molecular flexibility index (Phi) is 15.0. The smallest absolute Gasteiger partial charge is 0.249 e. The van der Waals surface area contributed by atoms with Crippen molar-refractivity contribution in [3.63, 3.8) is 0 Å². The van der Waals surface area contributed by atoms with Crippen LogP contribution in [0.15, 0.2) is 0 Å². The molecule has 1 radical (unpaired) electrons. The summed E-state index contributed by atoms with van der Waals surface area (Å²) < 4.78 is 0. The second kappa shape index (κ2) is 15.5. The van der Waals surface area contributed by atoms with Crippen LogP contribution in [0.2, 0.25) is 0 Å². The van der Waals surface area contributed by atoms with Crippen LogP contribution >= 0.6 is 0 Å². The van der Waals surface area contributed by atoms with Crippen LogP contribution in [0.25, 0.3) is 0 Å². The minimum Gasteiger partial charge on any atom is -0.354 e. The van der Waals surface area contributed by atoms with Crippen molar-refractivity contribution < 1.29 is 9.90 Å². The fourth-order valence-corrected chi connectivity index (χ4v) is 2.24. The van der Waals surface area contributed by atoms with E-state index in [1.165, 1.54) is 64.2 Å². The molecule has 0 spiro atoms. The number of hydrogen-bond acceptors (Lipinski definition) is 1. The average Bonchev–Trinajstić information content (AvgIpc) is 2.43. The van der Waals surface area contributed by atoms with Crippen LogP contribution in [-0.4, -0.2) is 19.1 Å². The van der Waals surface area contributed by atoms with Crippen molar-refractivity contribution >= 4 is 5.91 Å². The molecule has 0 aliphatic heterocycles. The van der Waals surface area contributed by atoms with Gasteiger partial charge in [-0.25, -0.2) is 5.11 Å². The maximum absolute atomic E-state index is 10.7. The first-order chi connectivity index (χ1) is 9.31. The van der Waals surface area contributed by atoms with Crippen molar-refractivity contribution in [3.8, 4) is 0 Å². The van der Waals surface area contributed by atoms with Crippen molar-refractivity contribution in [2.45, 2.75) is 84.0 Å². The second-order valence-corrected chi connectivity index (χ2v) is 5.38. The topological polar surface area (TPSA) is 49.0 Å². The van der Waals surface area contributed by atoms with Gasteiger partial charge >= 0.3 is 0 Å². The molecule has 0 saturated carbocycles. The van der Waals surface area contributed by atoms with Gasteiger partial charge in [0, 0.05) is 6.54 Å². The molecule has 0 aromatic rings. The Hall–Kier alpha value is -0.570. The van der Waals surface area contributed by atoms with Crippen molar-refractivity contribution in [1.29, 1.82) is 0 Å². The number of unbranched alkanes of at least 4 members (excludes halogenated alkanes) is 11. The van der Waals surface area contributed by atoms with Crippen molar-refractivity contribution in [2.75, 3.05) is 13.2 Å². The molecule has 0 atom stereocenters. The molecule has 1 amide bonds. The van der Waals surface area contributed by atoms with Gasteiger partial charge in [-0.2, -0.15) is 0 Å². The Morgan fingerprint density at radius 2 is 1.16 bits per heavy atom. The fourth-order valence-electron chi connectivity index (χ4n) is 2.24. The maximum atomic E-state index is 10.7. The molecule has 0 aliphatic rings. The first kappa shape index (κ1) is 18.4. The molecular formula is C16H32NO2. The zero-order valence-corrected chi connectivity index (χ0v) is 12.7. The Labute approximate surface area is 119 Å². The molecule has 0 fully saturated rings. The van der Waals surface area contributed by atoms with Crippen molar-refractivity contribution in [1.82, 2.24) is 5.32 Å². The molecule has 0 rings (SSSR count). The summed E-state index contributed by atoms with van der Waals surface area (Å²) in [5, 5.41) is 12.8. The van der Waals surface area contributed by atoms with E-state index >= 15 is 0 Å². The first-order valence-corrected chi connectivity index (χ1v) is 8.16. The number of rotatable bonds is 14. The Morgan fingerprint density at radius 3 is 1.58 bits per heavy atom. The molecule has 3 heteroatoms. The highest BCUT2D eigenvalue weighted by molar-refractivity contribution is 5.76. The third-order valence-electron chi connectivity index (χ3n) is 3.48. The SMILES string of the molecule is CCCCCCCCCCCCCCNC(=O)C[O]. The van der Waals surface area contributed by atoms with Gasteiger partial charge in [-0.05, 0) is 6.42 Å². The molecule has 19 heavy (non-hydrogen) atoms. The predicted octanol–water partition coefficient (Wildman–Crippen LogP) is 4.23. The van der Waals surface area contributed by atoms with Gasteiger partial charge in [0.15, 0.2) is 6.61 Å². The summed E-state index contributed by atoms with van der Waals surface area (Å²) in [6.45, 7) is 2.28. The predicted molar refractivity (Wildman–Crippen MR) is 79.6 cm³/mol. The Morgan fingerprint density at radius 1 is 0.737 bits per heavy atom. The summed E-state index contributed by atoms with van der Waals surface area (Å²) in [6, 6.07) is 0. The molecule has 0 aromatic heterocycles. The molecule has 0 aliphatic carbocycles. The van der Waals surface area contributed by atoms with E-state index in [0.717, 1.165) is 12.8 Å². The van der Waals surface area contributed by atoms with Gasteiger partial charge in [0.1, 0.15) is 0 Å². The molecule has 0 bridgehead atoms. The highest BCUT2D eigenvalue weighted by Crippen LogP contribution is 2.11. The number of carbonyl (C=O) groups is 1. The van der Waals surface area contributed by atoms with E-state index in [-0.39, 0.29) is 5.91 Å². The summed E-state index contributed by atoms with van der Waals surface area (Å²) in [5.41, 5.74) is 0. The molecule has 0 saturated heterocycles. The summed E-state index contributed by atoms with van der Waals surface area (Å²) >= 11 is 0. The number of carbonyl (C=O) groups excluding carboxylic acids is 1. The quantitative estimate of drug-likeness (QED) is 0.472. The Bertz CT molecular complexity index is 195. The Balaban J connectivity index is 2.97. The first-order valence-electron chi connectivity index (χ1n) is 8.16. The van der Waals surface area contributed by atoms with Gasteiger partial charge in [-0.1, -0.05) is 77.6 Å². The van der Waals surface area contributed by atoms with E-state index in [1.54, 1.807) is 0 Å². The molecule has 0 aromatic carbocycles. The van der Waals surface area contributed by atoms with Gasteiger partial charge in [-0.3, -0.25) is 4.79 Å². The molecule has 0 heterocycles. The minimum absolute atomic E-state index is 0.372. The fraction of sp³-hybridized carbons (Fsp3) is 0.938. The lowest BCUT2D eigenvalue weighted by molar-refractivity contribution is -0.125. The van der Waals surface area contributed by atoms with Crippen LogP contribution in [0.1, 0.15) is 84.0 Å². The lowest BCUT2D eigenvalue weighted by atomic mass is 10.1. The van der Waals surface area contributed by atoms with E-state index in [4.69, 9.17) is 0 Å². The van der Waals surface area contributed by atoms with Crippen LogP contribution in [0.3, 0.4) is 0 Å². The number of hydrogen-bond donors (Lipinski definition) is 1. The van der Waals surface area contributed by atoms with Crippen LogP contribution in [0.5, 0.6) is 0 Å². The average molecular weight is 270 g/mol. The van der Waals surface area contributed by atoms with Gasteiger partial charge in [0.05, 0.1) is 0 Å². The lowest BCUT2D eigenvalue weighted by Crippen LogP contribution is -2.26. The van der Waals surface area contributed by atoms with Crippen molar-refractivity contribution in [3.05, 3.63) is 0 Å². The van der Waals surface area contributed by atoms with E-state index < -0.39 is 6.61 Å². The highest BCUT2D eigenvalue weighted by atomic mass is 16.3. The van der Waals surface area contributed by atoms with Crippen LogP contribution in [0, 0.1) is 0 Å². The van der Waals surface area contributed by atoms with Gasteiger partial charge in [0.25, 0.3) is 0 Å². The van der Waals surface area contributed by atoms with Crippen LogP contribution in [-0.2, 0) is 9.90 Å². The molecule has 1 N–H and O–H groups in total. The van der Waals surface area contributed by atoms with Crippen molar-refractivity contribution in [2.24, 2.45) is 0 Å². The summed E-state index contributed by atoms with van der Waals surface area (Å²) in [6.07, 6.45) is 15.8. The highest BCUT2D eigenvalue weighted by Gasteiger charge is 1.97. The third-order valence-corrected chi connectivity index (χ3v) is 3.48. The lowest BCUT2D eigenvalue weighted by Gasteiger charge is -2.03. The molecule has 113 valence electrons. The summed E-state index contributed by atoms with van der Waals surface area (Å²) in [4.78, 5) is 10.7. The van der Waals surface area contributed by atoms with Crippen LogP contribution < -0.4 is 5.32 Å². The third kappa shape index (κ3) is 15.4. The number of nitrogens with one attached hydrogen (secondary N) is 1. The monoisotopic (exact) mass is 270 g/mol. The maximum Gasteiger partial charge on any atom is 0.249 e. The normalized spacial score (nSPS) is 10.6. The van der Waals surface area contributed by atoms with E-state index in [0.29, 0.717) is 6.54 Å².